The summed E-state index contributed by atoms with van der Waals surface area (Å²) in [6.45, 7) is 1.02. The van der Waals surface area contributed by atoms with Crippen LogP contribution in [0.3, 0.4) is 0 Å². The lowest BCUT2D eigenvalue weighted by atomic mass is 9.99. The number of benzene rings is 1. The van der Waals surface area contributed by atoms with Gasteiger partial charge in [-0.2, -0.15) is 10.1 Å². The van der Waals surface area contributed by atoms with Crippen LogP contribution >= 0.6 is 0 Å². The number of H-pyrrole nitrogens is 1. The fraction of sp³-hybridized carbons (Fsp3) is 0.238. The smallest absolute Gasteiger partial charge is 0.274 e. The standard InChI is InChI=1S/C21H19N5O4/c1-28-17-6-3-2-5-13(17)9-19-22-20(30-25-19)14-11-26(12-14)21(27)16-10-15(23-24-16)18-7-4-8-29-18/h2-8,10,14H,9,11-12H2,1H3,(H,23,24). The van der Waals surface area contributed by atoms with Gasteiger partial charge in [0, 0.05) is 31.1 Å². The topological polar surface area (TPSA) is 110 Å². The number of nitrogens with one attached hydrogen (secondary N) is 1. The molecular weight excluding hydrogens is 386 g/mol. The van der Waals surface area contributed by atoms with Crippen molar-refractivity contribution in [3.8, 4) is 17.2 Å². The van der Waals surface area contributed by atoms with Gasteiger partial charge in [0.2, 0.25) is 5.89 Å². The molecule has 152 valence electrons. The molecule has 0 aliphatic carbocycles. The lowest BCUT2D eigenvalue weighted by Gasteiger charge is -2.36. The van der Waals surface area contributed by atoms with Crippen LogP contribution in [0.2, 0.25) is 0 Å². The third-order valence-corrected chi connectivity index (χ3v) is 5.13. The molecule has 9 heteroatoms. The number of carbonyl (C=O) groups excluding carboxylic acids is 1. The maximum absolute atomic E-state index is 12.6. The molecule has 1 aromatic carbocycles. The minimum absolute atomic E-state index is 0.0244. The number of hydrogen-bond acceptors (Lipinski definition) is 7. The largest absolute Gasteiger partial charge is 0.496 e. The fourth-order valence-electron chi connectivity index (χ4n) is 3.48. The molecule has 4 heterocycles. The fourth-order valence-corrected chi connectivity index (χ4v) is 3.48. The second kappa shape index (κ2) is 7.51. The van der Waals surface area contributed by atoms with Crippen LogP contribution < -0.4 is 4.74 Å². The number of likely N-dealkylation sites (tertiary alicyclic amines) is 1. The molecule has 5 rings (SSSR count). The Kier molecular flexibility index (Phi) is 4.55. The van der Waals surface area contributed by atoms with Gasteiger partial charge in [-0.05, 0) is 18.2 Å². The van der Waals surface area contributed by atoms with Gasteiger partial charge in [0.1, 0.15) is 11.4 Å². The number of furan rings is 1. The number of nitrogens with zero attached hydrogens (tertiary/aromatic N) is 4. The summed E-state index contributed by atoms with van der Waals surface area (Å²) in [7, 11) is 1.64. The van der Waals surface area contributed by atoms with Gasteiger partial charge >= 0.3 is 0 Å². The normalized spacial score (nSPS) is 14.0. The number of methoxy groups -OCH3 is 1. The molecule has 1 aliphatic heterocycles. The summed E-state index contributed by atoms with van der Waals surface area (Å²) in [6.07, 6.45) is 2.09. The Morgan fingerprint density at radius 3 is 2.93 bits per heavy atom. The number of ether oxygens (including phenoxy) is 1. The first-order valence-corrected chi connectivity index (χ1v) is 9.54. The monoisotopic (exact) mass is 405 g/mol. The molecular formula is C21H19N5O4. The molecule has 0 unspecified atom stereocenters. The molecule has 9 nitrogen and oxygen atoms in total. The minimum atomic E-state index is -0.144. The Morgan fingerprint density at radius 2 is 2.13 bits per heavy atom. The molecule has 0 spiro atoms. The Hall–Kier alpha value is -3.88. The summed E-state index contributed by atoms with van der Waals surface area (Å²) in [6, 6.07) is 13.0. The van der Waals surface area contributed by atoms with Gasteiger partial charge in [-0.1, -0.05) is 23.4 Å². The van der Waals surface area contributed by atoms with E-state index >= 15 is 0 Å². The van der Waals surface area contributed by atoms with Crippen molar-refractivity contribution < 1.29 is 18.5 Å². The van der Waals surface area contributed by atoms with Crippen molar-refractivity contribution in [2.45, 2.75) is 12.3 Å². The van der Waals surface area contributed by atoms with Crippen molar-refractivity contribution in [3.63, 3.8) is 0 Å². The van der Waals surface area contributed by atoms with Crippen LogP contribution in [0.5, 0.6) is 5.75 Å². The second-order valence-electron chi connectivity index (χ2n) is 7.09. The second-order valence-corrected chi connectivity index (χ2v) is 7.09. The van der Waals surface area contributed by atoms with Gasteiger partial charge in [-0.15, -0.1) is 0 Å². The molecule has 1 aliphatic rings. The summed E-state index contributed by atoms with van der Waals surface area (Å²) in [5, 5.41) is 11.0. The minimum Gasteiger partial charge on any atom is -0.496 e. The quantitative estimate of drug-likeness (QED) is 0.525. The highest BCUT2D eigenvalue weighted by molar-refractivity contribution is 5.93. The SMILES string of the molecule is COc1ccccc1Cc1noc(C2CN(C(=O)c3cc(-c4ccco4)[nH]n3)C2)n1. The van der Waals surface area contributed by atoms with E-state index in [9.17, 15) is 4.79 Å². The third kappa shape index (κ3) is 3.34. The van der Waals surface area contributed by atoms with Gasteiger partial charge in [0.05, 0.1) is 19.3 Å². The zero-order chi connectivity index (χ0) is 20.5. The number of aromatic amines is 1. The zero-order valence-corrected chi connectivity index (χ0v) is 16.2. The van der Waals surface area contributed by atoms with Gasteiger partial charge in [0.15, 0.2) is 17.3 Å². The first-order chi connectivity index (χ1) is 14.7. The van der Waals surface area contributed by atoms with E-state index in [0.29, 0.717) is 48.4 Å². The summed E-state index contributed by atoms with van der Waals surface area (Å²) < 4.78 is 16.1. The number of hydrogen-bond donors (Lipinski definition) is 1. The predicted octanol–water partition coefficient (Wildman–Crippen LogP) is 2.89. The van der Waals surface area contributed by atoms with Crippen molar-refractivity contribution in [3.05, 3.63) is 71.7 Å². The number of rotatable bonds is 6. The number of amides is 1. The Morgan fingerprint density at radius 1 is 1.27 bits per heavy atom. The van der Waals surface area contributed by atoms with Crippen LogP contribution in [0.4, 0.5) is 0 Å². The van der Waals surface area contributed by atoms with Crippen molar-refractivity contribution in [1.29, 1.82) is 0 Å². The van der Waals surface area contributed by atoms with Crippen LogP contribution in [-0.4, -0.2) is 51.3 Å². The molecule has 30 heavy (non-hydrogen) atoms. The van der Waals surface area contributed by atoms with E-state index < -0.39 is 0 Å². The Bertz CT molecular complexity index is 1160. The molecule has 3 aromatic heterocycles. The molecule has 0 radical (unpaired) electrons. The highest BCUT2D eigenvalue weighted by Gasteiger charge is 2.37. The number of aromatic nitrogens is 4. The molecule has 1 N–H and O–H groups in total. The zero-order valence-electron chi connectivity index (χ0n) is 16.2. The third-order valence-electron chi connectivity index (χ3n) is 5.13. The summed E-state index contributed by atoms with van der Waals surface area (Å²) in [4.78, 5) is 18.8. The van der Waals surface area contributed by atoms with Crippen LogP contribution in [0.1, 0.15) is 33.7 Å². The first kappa shape index (κ1) is 18.2. The maximum Gasteiger partial charge on any atom is 0.274 e. The van der Waals surface area contributed by atoms with E-state index in [0.717, 1.165) is 11.3 Å². The molecule has 4 aromatic rings. The molecule has 0 bridgehead atoms. The number of para-hydroxylation sites is 1. The van der Waals surface area contributed by atoms with Crippen LogP contribution in [-0.2, 0) is 6.42 Å². The van der Waals surface area contributed by atoms with E-state index in [1.54, 1.807) is 36.5 Å². The first-order valence-electron chi connectivity index (χ1n) is 9.54. The van der Waals surface area contributed by atoms with Crippen molar-refractivity contribution >= 4 is 5.91 Å². The average Bonchev–Trinajstić information content (AvgIpc) is 3.48. The lowest BCUT2D eigenvalue weighted by molar-refractivity contribution is 0.0563. The van der Waals surface area contributed by atoms with E-state index in [1.807, 2.05) is 24.3 Å². The van der Waals surface area contributed by atoms with Gasteiger partial charge < -0.3 is 18.6 Å². The van der Waals surface area contributed by atoms with E-state index in [2.05, 4.69) is 20.3 Å². The molecule has 0 atom stereocenters. The van der Waals surface area contributed by atoms with Gasteiger partial charge in [-0.25, -0.2) is 0 Å². The van der Waals surface area contributed by atoms with Crippen molar-refractivity contribution in [2.24, 2.45) is 0 Å². The molecule has 0 saturated carbocycles. The summed E-state index contributed by atoms with van der Waals surface area (Å²) in [5.74, 6) is 2.44. The van der Waals surface area contributed by atoms with Gasteiger partial charge in [0.25, 0.3) is 5.91 Å². The van der Waals surface area contributed by atoms with E-state index in [1.165, 1.54) is 0 Å². The highest BCUT2D eigenvalue weighted by Crippen LogP contribution is 2.28. The summed E-state index contributed by atoms with van der Waals surface area (Å²) in [5.41, 5.74) is 2.00. The van der Waals surface area contributed by atoms with Crippen molar-refractivity contribution in [1.82, 2.24) is 25.2 Å². The van der Waals surface area contributed by atoms with E-state index in [4.69, 9.17) is 13.7 Å². The Labute approximate surface area is 171 Å². The highest BCUT2D eigenvalue weighted by atomic mass is 16.5. The maximum atomic E-state index is 12.6. The van der Waals surface area contributed by atoms with Crippen LogP contribution in [0.15, 0.2) is 57.7 Å². The Balaban J connectivity index is 1.21. The van der Waals surface area contributed by atoms with Crippen LogP contribution in [0.25, 0.3) is 11.5 Å². The molecule has 1 amide bonds. The van der Waals surface area contributed by atoms with Gasteiger partial charge in [-0.3, -0.25) is 9.89 Å². The number of carbonyl (C=O) groups is 1. The van der Waals surface area contributed by atoms with E-state index in [-0.39, 0.29) is 11.8 Å². The molecule has 1 fully saturated rings. The molecule has 1 saturated heterocycles. The average molecular weight is 405 g/mol. The lowest BCUT2D eigenvalue weighted by Crippen LogP contribution is -2.48. The van der Waals surface area contributed by atoms with Crippen molar-refractivity contribution in [2.75, 3.05) is 20.2 Å². The van der Waals surface area contributed by atoms with Crippen LogP contribution in [0, 0.1) is 0 Å². The summed E-state index contributed by atoms with van der Waals surface area (Å²) >= 11 is 0. The predicted molar refractivity (Wildman–Crippen MR) is 105 cm³/mol.